The Hall–Kier alpha value is -1.16. The molecule has 0 aromatic rings. The summed E-state index contributed by atoms with van der Waals surface area (Å²) < 4.78 is 0.882. The van der Waals surface area contributed by atoms with Crippen LogP contribution in [-0.4, -0.2) is 42.0 Å². The zero-order valence-electron chi connectivity index (χ0n) is 20.5. The number of amides is 1. The van der Waals surface area contributed by atoms with Gasteiger partial charge in [-0.2, -0.15) is 0 Å². The molecule has 4 nitrogen and oxygen atoms in total. The maximum Gasteiger partial charge on any atom is 0.221 e. The maximum atomic E-state index is 11.5. The lowest BCUT2D eigenvalue weighted by Gasteiger charge is -2.42. The average molecular weight is 421 g/mol. The van der Waals surface area contributed by atoms with Crippen molar-refractivity contribution < 1.29 is 9.28 Å². The molecule has 4 heteroatoms. The third-order valence-electron chi connectivity index (χ3n) is 6.79. The summed E-state index contributed by atoms with van der Waals surface area (Å²) in [6, 6.07) is 0. The average Bonchev–Trinajstić information content (AvgIpc) is 3.14. The molecular weight excluding hydrogens is 370 g/mol. The van der Waals surface area contributed by atoms with Gasteiger partial charge in [0.25, 0.3) is 0 Å². The van der Waals surface area contributed by atoms with Crippen LogP contribution in [0.3, 0.4) is 0 Å². The number of carbonyl (C=O) groups is 1. The zero-order chi connectivity index (χ0) is 22.1. The van der Waals surface area contributed by atoms with Crippen molar-refractivity contribution in [2.75, 3.05) is 13.1 Å². The largest absolute Gasteiger partial charge is 0.307 e. The highest BCUT2D eigenvalue weighted by Gasteiger charge is 2.42. The molecule has 0 saturated carbocycles. The van der Waals surface area contributed by atoms with Crippen LogP contribution in [0.4, 0.5) is 0 Å². The number of nitrogens with one attached hydrogen (secondary N) is 1. The first-order valence-electron chi connectivity index (χ1n) is 12.9. The molecule has 3 atom stereocenters. The summed E-state index contributed by atoms with van der Waals surface area (Å²) in [4.78, 5) is 16.3. The van der Waals surface area contributed by atoms with Crippen molar-refractivity contribution in [2.24, 2.45) is 4.99 Å². The smallest absolute Gasteiger partial charge is 0.221 e. The predicted molar refractivity (Wildman–Crippen MR) is 131 cm³/mol. The standard InChI is InChI=1S/C26H49N3O/c1-5-7-8-9-10-11-12-13-14-15-16-17-18-19-20-21-26-27-22-23-29(26,6-2)24(3)28-25(4)30/h10-11,22,24,26H,5-9,12-21,23H2,1-4H3/p+1/b11-10+. The molecular formula is C26H50N3O+. The van der Waals surface area contributed by atoms with Crippen molar-refractivity contribution in [2.45, 2.75) is 130 Å². The second-order valence-corrected chi connectivity index (χ2v) is 9.16. The van der Waals surface area contributed by atoms with E-state index in [0.717, 1.165) is 24.0 Å². The van der Waals surface area contributed by atoms with E-state index in [1.165, 1.54) is 83.5 Å². The summed E-state index contributed by atoms with van der Waals surface area (Å²) >= 11 is 0. The lowest BCUT2D eigenvalue weighted by atomic mass is 10.0. The Morgan fingerprint density at radius 3 is 2.13 bits per heavy atom. The molecule has 174 valence electrons. The summed E-state index contributed by atoms with van der Waals surface area (Å²) in [5, 5.41) is 3.11. The van der Waals surface area contributed by atoms with Crippen molar-refractivity contribution >= 4 is 12.1 Å². The number of carbonyl (C=O) groups excluding carboxylic acids is 1. The maximum absolute atomic E-state index is 11.5. The van der Waals surface area contributed by atoms with Gasteiger partial charge >= 0.3 is 0 Å². The SMILES string of the molecule is CCCCC/C=C/CCCCCCCCCCC1N=CC[N+]1(CC)C(C)NC(C)=O. The monoisotopic (exact) mass is 420 g/mol. The van der Waals surface area contributed by atoms with Crippen LogP contribution >= 0.6 is 0 Å². The van der Waals surface area contributed by atoms with Crippen LogP contribution in [0.2, 0.25) is 0 Å². The molecule has 0 saturated heterocycles. The first-order valence-corrected chi connectivity index (χ1v) is 12.9. The van der Waals surface area contributed by atoms with E-state index < -0.39 is 0 Å². The van der Waals surface area contributed by atoms with Gasteiger partial charge in [0.15, 0.2) is 12.3 Å². The lowest BCUT2D eigenvalue weighted by Crippen LogP contribution is -2.63. The number of aliphatic imine (C=N–C) groups is 1. The molecule has 0 aliphatic carbocycles. The van der Waals surface area contributed by atoms with Crippen molar-refractivity contribution in [1.29, 1.82) is 0 Å². The molecule has 1 heterocycles. The van der Waals surface area contributed by atoms with Crippen molar-refractivity contribution in [3.05, 3.63) is 12.2 Å². The third kappa shape index (κ3) is 10.2. The normalized spacial score (nSPS) is 22.1. The van der Waals surface area contributed by atoms with Crippen molar-refractivity contribution in [3.63, 3.8) is 0 Å². The Balaban J connectivity index is 2.05. The molecule has 0 bridgehead atoms. The molecule has 1 rings (SSSR count). The molecule has 0 spiro atoms. The molecule has 0 radical (unpaired) electrons. The quantitative estimate of drug-likeness (QED) is 0.149. The fraction of sp³-hybridized carbons (Fsp3) is 0.846. The van der Waals surface area contributed by atoms with E-state index in [0.29, 0.717) is 6.17 Å². The second-order valence-electron chi connectivity index (χ2n) is 9.16. The van der Waals surface area contributed by atoms with E-state index in [1.807, 2.05) is 0 Å². The van der Waals surface area contributed by atoms with Gasteiger partial charge in [0.2, 0.25) is 5.91 Å². The number of nitrogens with zero attached hydrogens (tertiary/aromatic N) is 2. The summed E-state index contributed by atoms with van der Waals surface area (Å²) in [6.45, 7) is 10.2. The summed E-state index contributed by atoms with van der Waals surface area (Å²) in [7, 11) is 0. The predicted octanol–water partition coefficient (Wildman–Crippen LogP) is 6.75. The van der Waals surface area contributed by atoms with Gasteiger partial charge in [0.05, 0.1) is 12.8 Å². The summed E-state index contributed by atoms with van der Waals surface area (Å²) in [5.41, 5.74) is 0. The fourth-order valence-electron chi connectivity index (χ4n) is 4.76. The van der Waals surface area contributed by atoms with Gasteiger partial charge in [-0.15, -0.1) is 0 Å². The Bertz CT molecular complexity index is 503. The van der Waals surface area contributed by atoms with Gasteiger partial charge < -0.3 is 5.32 Å². The number of allylic oxidation sites excluding steroid dienone is 2. The highest BCUT2D eigenvalue weighted by atomic mass is 16.1. The lowest BCUT2D eigenvalue weighted by molar-refractivity contribution is -0.959. The molecule has 3 unspecified atom stereocenters. The Labute approximate surface area is 187 Å². The number of quaternary nitrogens is 1. The molecule has 0 aromatic heterocycles. The zero-order valence-corrected chi connectivity index (χ0v) is 20.5. The Kier molecular flexibility index (Phi) is 14.8. The highest BCUT2D eigenvalue weighted by Crippen LogP contribution is 2.27. The van der Waals surface area contributed by atoms with Crippen molar-refractivity contribution in [3.8, 4) is 0 Å². The van der Waals surface area contributed by atoms with Crippen LogP contribution in [0.5, 0.6) is 0 Å². The number of hydrogen-bond acceptors (Lipinski definition) is 2. The molecule has 30 heavy (non-hydrogen) atoms. The van der Waals surface area contributed by atoms with Crippen LogP contribution in [0, 0.1) is 0 Å². The first kappa shape index (κ1) is 26.9. The van der Waals surface area contributed by atoms with Gasteiger partial charge in [-0.05, 0) is 39.0 Å². The third-order valence-corrected chi connectivity index (χ3v) is 6.79. The molecule has 1 amide bonds. The van der Waals surface area contributed by atoms with E-state index in [4.69, 9.17) is 4.99 Å². The molecule has 1 aliphatic rings. The fourth-order valence-corrected chi connectivity index (χ4v) is 4.76. The van der Waals surface area contributed by atoms with Crippen LogP contribution in [0.15, 0.2) is 17.1 Å². The summed E-state index contributed by atoms with van der Waals surface area (Å²) in [6.07, 6.45) is 25.8. The number of unbranched alkanes of at least 4 members (excludes halogenated alkanes) is 11. The number of hydrogen-bond donors (Lipinski definition) is 1. The van der Waals surface area contributed by atoms with Gasteiger partial charge in [0.1, 0.15) is 6.54 Å². The van der Waals surface area contributed by atoms with Gasteiger partial charge in [-0.25, -0.2) is 4.99 Å². The van der Waals surface area contributed by atoms with E-state index in [1.54, 1.807) is 6.92 Å². The van der Waals surface area contributed by atoms with Crippen LogP contribution in [0.1, 0.15) is 118 Å². The Morgan fingerprint density at radius 2 is 1.57 bits per heavy atom. The first-order chi connectivity index (χ1) is 14.6. The highest BCUT2D eigenvalue weighted by molar-refractivity contribution is 5.73. The topological polar surface area (TPSA) is 41.5 Å². The van der Waals surface area contributed by atoms with E-state index >= 15 is 0 Å². The van der Waals surface area contributed by atoms with Gasteiger partial charge in [0, 0.05) is 20.3 Å². The van der Waals surface area contributed by atoms with Gasteiger partial charge in [-0.1, -0.05) is 70.4 Å². The number of rotatable bonds is 18. The minimum absolute atomic E-state index is 0.0575. The second kappa shape index (κ2) is 16.5. The van der Waals surface area contributed by atoms with Crippen LogP contribution < -0.4 is 5.32 Å². The minimum atomic E-state index is 0.0575. The van der Waals surface area contributed by atoms with Crippen LogP contribution in [0.25, 0.3) is 0 Å². The van der Waals surface area contributed by atoms with E-state index in [2.05, 4.69) is 44.5 Å². The van der Waals surface area contributed by atoms with E-state index in [9.17, 15) is 4.79 Å². The summed E-state index contributed by atoms with van der Waals surface area (Å²) in [5.74, 6) is 0.0575. The van der Waals surface area contributed by atoms with E-state index in [-0.39, 0.29) is 12.1 Å². The molecule has 0 aromatic carbocycles. The van der Waals surface area contributed by atoms with Crippen molar-refractivity contribution in [1.82, 2.24) is 5.32 Å². The van der Waals surface area contributed by atoms with Gasteiger partial charge in [-0.3, -0.25) is 9.28 Å². The molecule has 1 N–H and O–H groups in total. The molecule has 1 aliphatic heterocycles. The Morgan fingerprint density at radius 1 is 1.00 bits per heavy atom. The van der Waals surface area contributed by atoms with Crippen LogP contribution in [-0.2, 0) is 4.79 Å². The minimum Gasteiger partial charge on any atom is -0.307 e. The molecule has 0 fully saturated rings.